The first-order valence-electron chi connectivity index (χ1n) is 9.71. The van der Waals surface area contributed by atoms with Gasteiger partial charge in [-0.15, -0.1) is 0 Å². The molecule has 6 atom stereocenters. The van der Waals surface area contributed by atoms with Crippen LogP contribution in [0.15, 0.2) is 15.0 Å². The lowest BCUT2D eigenvalue weighted by atomic mass is 10.1. The smallest absolute Gasteiger partial charge is 0.394 e. The van der Waals surface area contributed by atoms with Crippen molar-refractivity contribution in [3.05, 3.63) is 0 Å². The number of rotatable bonds is 5. The number of ether oxygens (including phenoxy) is 1. The second-order valence-corrected chi connectivity index (χ2v) is 8.19. The van der Waals surface area contributed by atoms with Gasteiger partial charge >= 0.3 is 7.82 Å². The van der Waals surface area contributed by atoms with Gasteiger partial charge in [0.05, 0.1) is 12.9 Å². The van der Waals surface area contributed by atoms with Gasteiger partial charge in [-0.3, -0.25) is 23.7 Å². The first kappa shape index (κ1) is 22.9. The van der Waals surface area contributed by atoms with Gasteiger partial charge in [-0.25, -0.2) is 4.57 Å². The van der Waals surface area contributed by atoms with E-state index in [1.165, 1.54) is 30.9 Å². The summed E-state index contributed by atoms with van der Waals surface area (Å²) in [4.78, 5) is 36.5. The molecule has 2 saturated heterocycles. The molecule has 4 aliphatic rings. The van der Waals surface area contributed by atoms with Crippen LogP contribution in [-0.4, -0.2) is 101 Å². The van der Waals surface area contributed by atoms with Gasteiger partial charge in [-0.2, -0.15) is 9.98 Å². The predicted molar refractivity (Wildman–Crippen MR) is 107 cm³/mol. The molecule has 0 aromatic rings. The highest BCUT2D eigenvalue weighted by molar-refractivity contribution is 7.47. The molecule has 4 N–H and O–H groups in total. The molecule has 0 bridgehead atoms. The molecule has 0 aliphatic carbocycles. The Labute approximate surface area is 173 Å². The molecular formula is C16H27N6O7P. The predicted octanol–water partition coefficient (Wildman–Crippen LogP) is -1.10. The average molecular weight is 446 g/mol. The molecule has 0 aromatic carbocycles. The van der Waals surface area contributed by atoms with Gasteiger partial charge in [0.2, 0.25) is 5.96 Å². The van der Waals surface area contributed by atoms with Crippen molar-refractivity contribution in [3.63, 3.8) is 0 Å². The lowest BCUT2D eigenvalue weighted by Gasteiger charge is -2.27. The zero-order valence-electron chi connectivity index (χ0n) is 17.0. The normalized spacial score (nSPS) is 36.9. The summed E-state index contributed by atoms with van der Waals surface area (Å²) in [6.07, 6.45) is -2.43. The van der Waals surface area contributed by atoms with Gasteiger partial charge in [-0.1, -0.05) is 20.8 Å². The van der Waals surface area contributed by atoms with Crippen LogP contribution in [0.3, 0.4) is 0 Å². The fourth-order valence-corrected chi connectivity index (χ4v) is 4.68. The number of hydrogen-bond acceptors (Lipinski definition) is 11. The van der Waals surface area contributed by atoms with Gasteiger partial charge in [0.25, 0.3) is 5.91 Å². The third-order valence-electron chi connectivity index (χ3n) is 5.13. The molecule has 168 valence electrons. The molecule has 6 unspecified atom stereocenters. The number of aliphatic hydroxyl groups excluding tert-OH is 1. The van der Waals surface area contributed by atoms with Crippen LogP contribution in [0.25, 0.3) is 0 Å². The Hall–Kier alpha value is -1.73. The topological polar surface area (TPSA) is 172 Å². The highest BCUT2D eigenvalue weighted by atomic mass is 31.2. The standard InChI is InChI=1S/C10H12N5O7P.C6H15N/c11-10-13-7-4(8(17)14-10)12-2-15(7)9-6-5(3(1-16)20-9)21-23(18,19)22-6;1-4-7(5-2)6-3/h2-6,9,16H,1H2,(H,18,19)(H2,11,14,17);4-6H2,1-3H3. The summed E-state index contributed by atoms with van der Waals surface area (Å²) in [5.41, 5.74) is 5.48. The first-order chi connectivity index (χ1) is 14.2. The number of guanidine groups is 1. The summed E-state index contributed by atoms with van der Waals surface area (Å²) in [5, 5.41) is 9.35. The summed E-state index contributed by atoms with van der Waals surface area (Å²) in [7, 11) is -4.23. The first-order valence-corrected chi connectivity index (χ1v) is 11.2. The van der Waals surface area contributed by atoms with E-state index in [0.717, 1.165) is 0 Å². The van der Waals surface area contributed by atoms with Crippen molar-refractivity contribution in [2.45, 2.75) is 51.4 Å². The Bertz CT molecular complexity index is 795. The Morgan fingerprint density at radius 2 is 1.83 bits per heavy atom. The average Bonchev–Trinajstić information content (AvgIpc) is 3.34. The lowest BCUT2D eigenvalue weighted by molar-refractivity contribution is -0.117. The van der Waals surface area contributed by atoms with E-state index in [1.807, 2.05) is 0 Å². The molecule has 0 aromatic heterocycles. The van der Waals surface area contributed by atoms with E-state index < -0.39 is 50.9 Å². The molecule has 4 rings (SSSR count). The molecule has 0 saturated carbocycles. The number of carbonyl (C=O) groups is 1. The third-order valence-corrected chi connectivity index (χ3v) is 6.15. The number of nitrogens with two attached hydrogens (primary N) is 1. The van der Waals surface area contributed by atoms with Crippen molar-refractivity contribution < 1.29 is 33.1 Å². The maximum Gasteiger partial charge on any atom is 0.473 e. The molecular weight excluding hydrogens is 419 g/mol. The third kappa shape index (κ3) is 4.47. The number of hydrogen-bond donors (Lipinski definition) is 3. The monoisotopic (exact) mass is 446 g/mol. The van der Waals surface area contributed by atoms with E-state index >= 15 is 0 Å². The van der Waals surface area contributed by atoms with Crippen LogP contribution < -0.4 is 5.73 Å². The van der Waals surface area contributed by atoms with Crippen LogP contribution in [0.2, 0.25) is 0 Å². The van der Waals surface area contributed by atoms with Crippen LogP contribution >= 0.6 is 7.82 Å². The molecule has 0 spiro atoms. The van der Waals surface area contributed by atoms with Crippen molar-refractivity contribution in [1.82, 2.24) is 9.80 Å². The van der Waals surface area contributed by atoms with Gasteiger partial charge in [0.15, 0.2) is 18.1 Å². The van der Waals surface area contributed by atoms with Crippen molar-refractivity contribution >= 4 is 31.9 Å². The fourth-order valence-electron chi connectivity index (χ4n) is 3.53. The van der Waals surface area contributed by atoms with E-state index in [0.29, 0.717) is 0 Å². The fraction of sp³-hybridized carbons (Fsp3) is 0.750. The SMILES string of the molecule is CCN(CC)CC.NC1=NC(=O)C2N=CN(C3OC(CO)C4OP(=O)(O)OC43)C2=N1. The minimum atomic E-state index is -4.23. The molecule has 0 radical (unpaired) electrons. The van der Waals surface area contributed by atoms with Crippen LogP contribution in [0, 0.1) is 0 Å². The van der Waals surface area contributed by atoms with Crippen molar-refractivity contribution in [2.75, 3.05) is 26.2 Å². The van der Waals surface area contributed by atoms with E-state index in [4.69, 9.17) is 19.5 Å². The number of carbonyl (C=O) groups excluding carboxylic acids is 1. The van der Waals surface area contributed by atoms with Crippen LogP contribution in [0.1, 0.15) is 20.8 Å². The number of amides is 1. The highest BCUT2D eigenvalue weighted by Crippen LogP contribution is 2.57. The molecule has 1 amide bonds. The molecule has 4 aliphatic heterocycles. The summed E-state index contributed by atoms with van der Waals surface area (Å²) < 4.78 is 27.2. The Morgan fingerprint density at radius 3 is 2.40 bits per heavy atom. The Balaban J connectivity index is 0.000000318. The Morgan fingerprint density at radius 1 is 1.20 bits per heavy atom. The van der Waals surface area contributed by atoms with Gasteiger partial charge < -0.3 is 25.4 Å². The van der Waals surface area contributed by atoms with Crippen LogP contribution in [-0.2, 0) is 23.1 Å². The Kier molecular flexibility index (Phi) is 7.02. The largest absolute Gasteiger partial charge is 0.473 e. The summed E-state index contributed by atoms with van der Waals surface area (Å²) in [5.74, 6) is -0.620. The van der Waals surface area contributed by atoms with Gasteiger partial charge in [0, 0.05) is 0 Å². The van der Waals surface area contributed by atoms with E-state index in [-0.39, 0.29) is 11.8 Å². The number of nitrogens with zero attached hydrogens (tertiary/aromatic N) is 5. The maximum atomic E-state index is 11.8. The molecule has 13 nitrogen and oxygen atoms in total. The number of phosphoric ester groups is 1. The van der Waals surface area contributed by atoms with Gasteiger partial charge in [0.1, 0.15) is 18.3 Å². The zero-order chi connectivity index (χ0) is 22.1. The number of fused-ring (bicyclic) bond motifs is 2. The number of phosphoric acid groups is 1. The second kappa shape index (κ2) is 9.18. The van der Waals surface area contributed by atoms with Crippen LogP contribution in [0.4, 0.5) is 0 Å². The minimum Gasteiger partial charge on any atom is -0.394 e. The van der Waals surface area contributed by atoms with Gasteiger partial charge in [-0.05, 0) is 19.6 Å². The van der Waals surface area contributed by atoms with E-state index in [9.17, 15) is 19.4 Å². The van der Waals surface area contributed by atoms with Crippen molar-refractivity contribution in [2.24, 2.45) is 20.7 Å². The zero-order valence-corrected chi connectivity index (χ0v) is 17.9. The molecule has 14 heteroatoms. The number of aliphatic imine (C=N–C) groups is 3. The van der Waals surface area contributed by atoms with Crippen LogP contribution in [0.5, 0.6) is 0 Å². The molecule has 2 fully saturated rings. The molecule has 30 heavy (non-hydrogen) atoms. The number of aliphatic hydroxyl groups is 1. The maximum absolute atomic E-state index is 11.8. The van der Waals surface area contributed by atoms with Crippen molar-refractivity contribution in [3.8, 4) is 0 Å². The second-order valence-electron chi connectivity index (χ2n) is 6.83. The van der Waals surface area contributed by atoms with E-state index in [2.05, 4.69) is 40.6 Å². The summed E-state index contributed by atoms with van der Waals surface area (Å²) in [6, 6.07) is -0.944. The minimum absolute atomic E-state index is 0.174. The quantitative estimate of drug-likeness (QED) is 0.440. The lowest BCUT2D eigenvalue weighted by Crippen LogP contribution is -2.48. The number of amidine groups is 1. The van der Waals surface area contributed by atoms with Crippen molar-refractivity contribution in [1.29, 1.82) is 0 Å². The summed E-state index contributed by atoms with van der Waals surface area (Å²) >= 11 is 0. The van der Waals surface area contributed by atoms with E-state index in [1.54, 1.807) is 0 Å². The molecule has 4 heterocycles. The highest BCUT2D eigenvalue weighted by Gasteiger charge is 2.59. The summed E-state index contributed by atoms with van der Waals surface area (Å²) in [6.45, 7) is 9.68.